The first kappa shape index (κ1) is 21.4. The van der Waals surface area contributed by atoms with Crippen molar-refractivity contribution in [2.75, 3.05) is 44.8 Å². The first-order valence-electron chi connectivity index (χ1n) is 10.6. The summed E-state index contributed by atoms with van der Waals surface area (Å²) >= 11 is 0. The summed E-state index contributed by atoms with van der Waals surface area (Å²) in [6, 6.07) is 24.8. The summed E-state index contributed by atoms with van der Waals surface area (Å²) in [6.07, 6.45) is 0. The maximum Gasteiger partial charge on any atom is 0.339 e. The molecule has 0 atom stereocenters. The van der Waals surface area contributed by atoms with Crippen molar-refractivity contribution in [3.63, 3.8) is 0 Å². The average molecular weight is 431 g/mol. The van der Waals surface area contributed by atoms with Gasteiger partial charge < -0.3 is 19.3 Å². The van der Waals surface area contributed by atoms with Crippen molar-refractivity contribution < 1.29 is 19.1 Å². The molecular formula is C26H26N2O4. The van der Waals surface area contributed by atoms with Crippen molar-refractivity contribution in [1.82, 2.24) is 4.90 Å². The normalized spacial score (nSPS) is 13.5. The van der Waals surface area contributed by atoms with Crippen LogP contribution >= 0.6 is 0 Å². The van der Waals surface area contributed by atoms with Crippen LogP contribution in [0.1, 0.15) is 10.4 Å². The number of hydrogen-bond acceptors (Lipinski definition) is 5. The van der Waals surface area contributed by atoms with E-state index in [1.165, 1.54) is 0 Å². The molecule has 0 N–H and O–H groups in total. The number of esters is 1. The lowest BCUT2D eigenvalue weighted by atomic mass is 10.00. The first-order chi connectivity index (χ1) is 15.7. The minimum atomic E-state index is -0.491. The minimum absolute atomic E-state index is 0.176. The van der Waals surface area contributed by atoms with E-state index in [9.17, 15) is 9.59 Å². The highest BCUT2D eigenvalue weighted by molar-refractivity contribution is 5.98. The van der Waals surface area contributed by atoms with Gasteiger partial charge in [-0.05, 0) is 41.5 Å². The van der Waals surface area contributed by atoms with E-state index in [2.05, 4.69) is 4.90 Å². The molecule has 1 heterocycles. The number of carbonyl (C=O) groups is 2. The molecule has 1 saturated heterocycles. The van der Waals surface area contributed by atoms with Crippen LogP contribution in [0.15, 0.2) is 78.9 Å². The summed E-state index contributed by atoms with van der Waals surface area (Å²) in [4.78, 5) is 29.3. The van der Waals surface area contributed by atoms with Crippen LogP contribution in [0.2, 0.25) is 0 Å². The van der Waals surface area contributed by atoms with E-state index in [1.807, 2.05) is 66.7 Å². The molecule has 0 aliphatic carbocycles. The second kappa shape index (κ2) is 10.0. The number of piperazine rings is 1. The average Bonchev–Trinajstić information content (AvgIpc) is 2.87. The highest BCUT2D eigenvalue weighted by Crippen LogP contribution is 2.24. The number of anilines is 1. The molecule has 0 spiro atoms. The number of hydrogen-bond donors (Lipinski definition) is 0. The van der Waals surface area contributed by atoms with Crippen LogP contribution in [-0.4, -0.2) is 56.7 Å². The Kier molecular flexibility index (Phi) is 6.70. The quantitative estimate of drug-likeness (QED) is 0.556. The van der Waals surface area contributed by atoms with Crippen LogP contribution in [0.3, 0.4) is 0 Å². The second-order valence-electron chi connectivity index (χ2n) is 7.55. The lowest BCUT2D eigenvalue weighted by Gasteiger charge is -2.36. The third kappa shape index (κ3) is 4.91. The predicted octanol–water partition coefficient (Wildman–Crippen LogP) is 3.87. The van der Waals surface area contributed by atoms with Gasteiger partial charge in [-0.3, -0.25) is 4.79 Å². The molecule has 1 aliphatic rings. The van der Waals surface area contributed by atoms with Crippen molar-refractivity contribution >= 4 is 17.6 Å². The lowest BCUT2D eigenvalue weighted by molar-refractivity contribution is -0.134. The third-order valence-corrected chi connectivity index (χ3v) is 5.63. The van der Waals surface area contributed by atoms with Crippen LogP contribution in [0.25, 0.3) is 11.1 Å². The zero-order valence-corrected chi connectivity index (χ0v) is 18.1. The molecule has 6 heteroatoms. The van der Waals surface area contributed by atoms with E-state index in [-0.39, 0.29) is 12.5 Å². The summed E-state index contributed by atoms with van der Waals surface area (Å²) in [6.45, 7) is 2.36. The molecule has 3 aromatic rings. The summed E-state index contributed by atoms with van der Waals surface area (Å²) in [5.74, 6) is 0.151. The Morgan fingerprint density at radius 1 is 0.812 bits per heavy atom. The number of rotatable bonds is 6. The predicted molar refractivity (Wildman–Crippen MR) is 124 cm³/mol. The summed E-state index contributed by atoms with van der Waals surface area (Å²) in [7, 11) is 1.65. The van der Waals surface area contributed by atoms with Gasteiger partial charge in [-0.15, -0.1) is 0 Å². The van der Waals surface area contributed by atoms with E-state index in [1.54, 1.807) is 24.1 Å². The Morgan fingerprint density at radius 2 is 1.47 bits per heavy atom. The van der Waals surface area contributed by atoms with Gasteiger partial charge in [-0.2, -0.15) is 0 Å². The van der Waals surface area contributed by atoms with Gasteiger partial charge in [0.05, 0.1) is 12.7 Å². The Bertz CT molecular complexity index is 1060. The molecule has 0 radical (unpaired) electrons. The highest BCUT2D eigenvalue weighted by atomic mass is 16.5. The van der Waals surface area contributed by atoms with Gasteiger partial charge in [0.2, 0.25) is 0 Å². The Hall–Kier alpha value is -3.80. The third-order valence-electron chi connectivity index (χ3n) is 5.63. The SMILES string of the molecule is COc1ccc(N2CCN(C(=O)COC(=O)c3ccccc3-c3ccccc3)CC2)cc1. The fourth-order valence-corrected chi connectivity index (χ4v) is 3.83. The van der Waals surface area contributed by atoms with Crippen LogP contribution in [-0.2, 0) is 9.53 Å². The van der Waals surface area contributed by atoms with Crippen LogP contribution in [0, 0.1) is 0 Å². The van der Waals surface area contributed by atoms with Crippen molar-refractivity contribution in [3.8, 4) is 16.9 Å². The molecule has 1 amide bonds. The van der Waals surface area contributed by atoms with E-state index < -0.39 is 5.97 Å². The number of benzene rings is 3. The van der Waals surface area contributed by atoms with E-state index in [0.29, 0.717) is 18.7 Å². The Labute approximate surface area is 188 Å². The van der Waals surface area contributed by atoms with Crippen molar-refractivity contribution in [2.24, 2.45) is 0 Å². The number of nitrogens with zero attached hydrogens (tertiary/aromatic N) is 2. The maximum atomic E-state index is 12.7. The van der Waals surface area contributed by atoms with Crippen molar-refractivity contribution in [2.45, 2.75) is 0 Å². The fourth-order valence-electron chi connectivity index (χ4n) is 3.83. The number of carbonyl (C=O) groups excluding carboxylic acids is 2. The number of amides is 1. The molecular weight excluding hydrogens is 404 g/mol. The molecule has 0 bridgehead atoms. The zero-order valence-electron chi connectivity index (χ0n) is 18.1. The largest absolute Gasteiger partial charge is 0.497 e. The van der Waals surface area contributed by atoms with Gasteiger partial charge >= 0.3 is 5.97 Å². The van der Waals surface area contributed by atoms with Gasteiger partial charge in [0, 0.05) is 31.9 Å². The Morgan fingerprint density at radius 3 is 2.16 bits per heavy atom. The number of ether oxygens (including phenoxy) is 2. The molecule has 4 rings (SSSR count). The van der Waals surface area contributed by atoms with Crippen LogP contribution in [0.4, 0.5) is 5.69 Å². The highest BCUT2D eigenvalue weighted by Gasteiger charge is 2.23. The van der Waals surface area contributed by atoms with E-state index in [4.69, 9.17) is 9.47 Å². The van der Waals surface area contributed by atoms with Gasteiger partial charge in [0.25, 0.3) is 5.91 Å². The van der Waals surface area contributed by atoms with Crippen molar-refractivity contribution in [3.05, 3.63) is 84.4 Å². The smallest absolute Gasteiger partial charge is 0.339 e. The molecule has 1 aliphatic heterocycles. The summed E-state index contributed by atoms with van der Waals surface area (Å²) in [5.41, 5.74) is 3.28. The van der Waals surface area contributed by atoms with Crippen molar-refractivity contribution in [1.29, 1.82) is 0 Å². The lowest BCUT2D eigenvalue weighted by Crippen LogP contribution is -2.49. The molecule has 32 heavy (non-hydrogen) atoms. The second-order valence-corrected chi connectivity index (χ2v) is 7.55. The summed E-state index contributed by atoms with van der Waals surface area (Å²) < 4.78 is 10.6. The van der Waals surface area contributed by atoms with E-state index >= 15 is 0 Å². The van der Waals surface area contributed by atoms with Crippen LogP contribution < -0.4 is 9.64 Å². The molecule has 1 fully saturated rings. The minimum Gasteiger partial charge on any atom is -0.497 e. The van der Waals surface area contributed by atoms with Crippen LogP contribution in [0.5, 0.6) is 5.75 Å². The van der Waals surface area contributed by atoms with Gasteiger partial charge in [-0.1, -0.05) is 48.5 Å². The molecule has 6 nitrogen and oxygen atoms in total. The molecule has 0 aromatic heterocycles. The molecule has 164 valence electrons. The first-order valence-corrected chi connectivity index (χ1v) is 10.6. The summed E-state index contributed by atoms with van der Waals surface area (Å²) in [5, 5.41) is 0. The fraction of sp³-hybridized carbons (Fsp3) is 0.231. The zero-order chi connectivity index (χ0) is 22.3. The molecule has 3 aromatic carbocycles. The number of methoxy groups -OCH3 is 1. The maximum absolute atomic E-state index is 12.7. The van der Waals surface area contributed by atoms with Gasteiger partial charge in [-0.25, -0.2) is 4.79 Å². The molecule has 0 unspecified atom stereocenters. The Balaban J connectivity index is 1.31. The van der Waals surface area contributed by atoms with Gasteiger partial charge in [0.1, 0.15) is 5.75 Å². The topological polar surface area (TPSA) is 59.1 Å². The van der Waals surface area contributed by atoms with E-state index in [0.717, 1.165) is 35.7 Å². The molecule has 0 saturated carbocycles. The van der Waals surface area contributed by atoms with Gasteiger partial charge in [0.15, 0.2) is 6.61 Å². The monoisotopic (exact) mass is 430 g/mol. The standard InChI is InChI=1S/C26H26N2O4/c1-31-22-13-11-21(12-14-22)27-15-17-28(18-16-27)25(29)19-32-26(30)24-10-6-5-9-23(24)20-7-3-2-4-8-20/h2-14H,15-19H2,1H3.